The van der Waals surface area contributed by atoms with Crippen LogP contribution in [0.15, 0.2) is 0 Å². The fraction of sp³-hybridized carbons (Fsp3) is 0.667. The zero-order valence-electron chi connectivity index (χ0n) is 15.2. The van der Waals surface area contributed by atoms with Crippen molar-refractivity contribution >= 4 is 12.1 Å². The molecule has 2 saturated heterocycles. The molecule has 1 atom stereocenters. The summed E-state index contributed by atoms with van der Waals surface area (Å²) in [4.78, 5) is 36.7. The third-order valence-electron chi connectivity index (χ3n) is 5.46. The number of fused-ring (bicyclic) bond motifs is 2. The average Bonchev–Trinajstić information content (AvgIpc) is 3.02. The number of aryl methyl sites for hydroxylation is 2. The van der Waals surface area contributed by atoms with Crippen LogP contribution in [-0.2, 0) is 24.0 Å². The maximum atomic E-state index is 12.4. The van der Waals surface area contributed by atoms with Crippen LogP contribution in [0.5, 0.6) is 0 Å². The smallest absolute Gasteiger partial charge is 0.410 e. The third kappa shape index (κ3) is 3.32. The summed E-state index contributed by atoms with van der Waals surface area (Å²) in [5.74, 6) is 0.808. The summed E-state index contributed by atoms with van der Waals surface area (Å²) in [5.41, 5.74) is 3.58. The van der Waals surface area contributed by atoms with E-state index in [1.807, 2.05) is 0 Å². The van der Waals surface area contributed by atoms with Gasteiger partial charge in [0.25, 0.3) is 0 Å². The molecule has 1 aliphatic carbocycles. The van der Waals surface area contributed by atoms with Gasteiger partial charge in [-0.25, -0.2) is 19.6 Å². The lowest BCUT2D eigenvalue weighted by atomic mass is 9.95. The molecule has 26 heavy (non-hydrogen) atoms. The number of rotatable bonds is 3. The topological polar surface area (TPSA) is 87.7 Å². The van der Waals surface area contributed by atoms with Gasteiger partial charge in [-0.15, -0.1) is 0 Å². The second-order valence-corrected chi connectivity index (χ2v) is 7.21. The number of amides is 3. The molecule has 4 rings (SSSR count). The molecule has 0 saturated carbocycles. The van der Waals surface area contributed by atoms with E-state index in [1.54, 1.807) is 9.80 Å². The van der Waals surface area contributed by atoms with Crippen molar-refractivity contribution in [3.8, 4) is 0 Å². The Labute approximate surface area is 152 Å². The molecule has 1 N–H and O–H groups in total. The molecule has 1 aromatic heterocycles. The van der Waals surface area contributed by atoms with Crippen LogP contribution in [0.4, 0.5) is 9.59 Å². The Hall–Kier alpha value is -2.38. The van der Waals surface area contributed by atoms with Gasteiger partial charge in [-0.3, -0.25) is 4.90 Å². The SMILES string of the molecule is Cc1nc(CCNC(=O)N2CCN3C(=O)OCC3C2)nc2c1CCCC2. The van der Waals surface area contributed by atoms with Crippen molar-refractivity contribution < 1.29 is 14.3 Å². The molecule has 3 heterocycles. The second kappa shape index (κ2) is 7.09. The van der Waals surface area contributed by atoms with E-state index in [4.69, 9.17) is 9.72 Å². The van der Waals surface area contributed by atoms with Crippen molar-refractivity contribution in [2.75, 3.05) is 32.8 Å². The predicted octanol–water partition coefficient (Wildman–Crippen LogP) is 1.05. The van der Waals surface area contributed by atoms with Gasteiger partial charge in [0.05, 0.1) is 6.04 Å². The molecule has 8 heteroatoms. The molecule has 0 bridgehead atoms. The monoisotopic (exact) mass is 359 g/mol. The maximum Gasteiger partial charge on any atom is 0.410 e. The van der Waals surface area contributed by atoms with Crippen molar-refractivity contribution in [1.29, 1.82) is 0 Å². The number of nitrogens with zero attached hydrogens (tertiary/aromatic N) is 4. The molecule has 0 radical (unpaired) electrons. The highest BCUT2D eigenvalue weighted by molar-refractivity contribution is 5.75. The third-order valence-corrected chi connectivity index (χ3v) is 5.46. The van der Waals surface area contributed by atoms with Crippen molar-refractivity contribution in [3.63, 3.8) is 0 Å². The summed E-state index contributed by atoms with van der Waals surface area (Å²) in [6.07, 6.45) is 4.89. The van der Waals surface area contributed by atoms with E-state index in [0.29, 0.717) is 39.2 Å². The summed E-state index contributed by atoms with van der Waals surface area (Å²) in [7, 11) is 0. The Kier molecular flexibility index (Phi) is 4.65. The summed E-state index contributed by atoms with van der Waals surface area (Å²) < 4.78 is 5.04. The van der Waals surface area contributed by atoms with E-state index in [-0.39, 0.29) is 18.2 Å². The van der Waals surface area contributed by atoms with Gasteiger partial charge in [0.2, 0.25) is 0 Å². The number of urea groups is 1. The van der Waals surface area contributed by atoms with Crippen molar-refractivity contribution in [1.82, 2.24) is 25.1 Å². The van der Waals surface area contributed by atoms with Gasteiger partial charge in [-0.1, -0.05) is 0 Å². The molecule has 1 aromatic rings. The normalized spacial score (nSPS) is 21.9. The number of piperazine rings is 1. The lowest BCUT2D eigenvalue weighted by Gasteiger charge is -2.35. The van der Waals surface area contributed by atoms with Gasteiger partial charge in [0, 0.05) is 44.0 Å². The Balaban J connectivity index is 1.29. The summed E-state index contributed by atoms with van der Waals surface area (Å²) in [6, 6.07) is -0.118. The maximum absolute atomic E-state index is 12.4. The number of cyclic esters (lactones) is 1. The van der Waals surface area contributed by atoms with Gasteiger partial charge >= 0.3 is 12.1 Å². The van der Waals surface area contributed by atoms with Crippen LogP contribution in [-0.4, -0.2) is 70.7 Å². The molecular weight excluding hydrogens is 334 g/mol. The Bertz CT molecular complexity index is 723. The van der Waals surface area contributed by atoms with Crippen LogP contribution in [0, 0.1) is 6.92 Å². The number of carbonyl (C=O) groups excluding carboxylic acids is 2. The van der Waals surface area contributed by atoms with Crippen LogP contribution in [0.3, 0.4) is 0 Å². The first-order valence-corrected chi connectivity index (χ1v) is 9.43. The highest BCUT2D eigenvalue weighted by Gasteiger charge is 2.38. The van der Waals surface area contributed by atoms with Crippen molar-refractivity contribution in [3.05, 3.63) is 22.8 Å². The van der Waals surface area contributed by atoms with E-state index in [2.05, 4.69) is 17.2 Å². The van der Waals surface area contributed by atoms with Crippen LogP contribution < -0.4 is 5.32 Å². The quantitative estimate of drug-likeness (QED) is 0.872. The van der Waals surface area contributed by atoms with Crippen LogP contribution in [0.1, 0.15) is 35.6 Å². The first kappa shape index (κ1) is 17.1. The highest BCUT2D eigenvalue weighted by Crippen LogP contribution is 2.21. The van der Waals surface area contributed by atoms with Gasteiger partial charge in [-0.05, 0) is 38.2 Å². The summed E-state index contributed by atoms with van der Waals surface area (Å²) in [6.45, 7) is 4.52. The lowest BCUT2D eigenvalue weighted by molar-refractivity contribution is 0.127. The minimum atomic E-state index is -0.269. The number of hydrogen-bond acceptors (Lipinski definition) is 5. The van der Waals surface area contributed by atoms with Crippen LogP contribution in [0.2, 0.25) is 0 Å². The van der Waals surface area contributed by atoms with Gasteiger partial charge in [-0.2, -0.15) is 0 Å². The minimum absolute atomic E-state index is 0.0198. The summed E-state index contributed by atoms with van der Waals surface area (Å²) in [5, 5.41) is 2.95. The Morgan fingerprint density at radius 1 is 1.27 bits per heavy atom. The van der Waals surface area contributed by atoms with Crippen LogP contribution >= 0.6 is 0 Å². The molecule has 0 aromatic carbocycles. The zero-order chi connectivity index (χ0) is 18.1. The number of ether oxygens (including phenoxy) is 1. The zero-order valence-corrected chi connectivity index (χ0v) is 15.2. The van der Waals surface area contributed by atoms with E-state index < -0.39 is 0 Å². The van der Waals surface area contributed by atoms with Gasteiger partial charge in [0.15, 0.2) is 0 Å². The minimum Gasteiger partial charge on any atom is -0.447 e. The Morgan fingerprint density at radius 3 is 3.00 bits per heavy atom. The van der Waals surface area contributed by atoms with Crippen molar-refractivity contribution in [2.45, 2.75) is 45.1 Å². The molecule has 8 nitrogen and oxygen atoms in total. The van der Waals surface area contributed by atoms with E-state index in [0.717, 1.165) is 24.4 Å². The van der Waals surface area contributed by atoms with Gasteiger partial charge in [0.1, 0.15) is 12.4 Å². The van der Waals surface area contributed by atoms with E-state index >= 15 is 0 Å². The number of nitrogens with one attached hydrogen (secondary N) is 1. The fourth-order valence-electron chi connectivity index (χ4n) is 4.02. The number of aromatic nitrogens is 2. The lowest BCUT2D eigenvalue weighted by Crippen LogP contribution is -2.56. The molecule has 3 amide bonds. The number of hydrogen-bond donors (Lipinski definition) is 1. The molecule has 0 spiro atoms. The highest BCUT2D eigenvalue weighted by atomic mass is 16.6. The van der Waals surface area contributed by atoms with Crippen molar-refractivity contribution in [2.24, 2.45) is 0 Å². The molecule has 2 aliphatic heterocycles. The number of carbonyl (C=O) groups is 2. The second-order valence-electron chi connectivity index (χ2n) is 7.21. The molecular formula is C18H25N5O3. The average molecular weight is 359 g/mol. The molecule has 2 fully saturated rings. The summed E-state index contributed by atoms with van der Waals surface area (Å²) >= 11 is 0. The van der Waals surface area contributed by atoms with E-state index in [9.17, 15) is 9.59 Å². The molecule has 1 unspecified atom stereocenters. The van der Waals surface area contributed by atoms with Crippen LogP contribution in [0.25, 0.3) is 0 Å². The first-order chi connectivity index (χ1) is 12.6. The Morgan fingerprint density at radius 2 is 2.12 bits per heavy atom. The molecule has 3 aliphatic rings. The standard InChI is InChI=1S/C18H25N5O3/c1-12-14-4-2-3-5-15(14)21-16(20-12)6-7-19-17(24)22-8-9-23-13(10-22)11-26-18(23)25/h13H,2-11H2,1H3,(H,19,24). The predicted molar refractivity (Wildman–Crippen MR) is 93.9 cm³/mol. The first-order valence-electron chi connectivity index (χ1n) is 9.43. The molecule has 140 valence electrons. The largest absolute Gasteiger partial charge is 0.447 e. The van der Waals surface area contributed by atoms with E-state index in [1.165, 1.54) is 24.1 Å². The van der Waals surface area contributed by atoms with Gasteiger partial charge < -0.3 is 15.0 Å². The fourth-order valence-corrected chi connectivity index (χ4v) is 4.02.